The summed E-state index contributed by atoms with van der Waals surface area (Å²) in [4.78, 5) is 0.171. The van der Waals surface area contributed by atoms with Crippen molar-refractivity contribution in [2.75, 3.05) is 38.5 Å². The molecule has 0 bridgehead atoms. The summed E-state index contributed by atoms with van der Waals surface area (Å²) in [5.74, 6) is 0.455. The molecule has 0 aliphatic carbocycles. The van der Waals surface area contributed by atoms with Crippen LogP contribution < -0.4 is 4.74 Å². The van der Waals surface area contributed by atoms with Gasteiger partial charge in [0.05, 0.1) is 17.1 Å². The minimum absolute atomic E-state index is 0.0399. The Morgan fingerprint density at radius 2 is 1.66 bits per heavy atom. The maximum atomic E-state index is 13.0. The van der Waals surface area contributed by atoms with Gasteiger partial charge in [-0.3, -0.25) is 5.10 Å². The maximum Gasteiger partial charge on any atom is 0.246 e. The van der Waals surface area contributed by atoms with Gasteiger partial charge in [-0.1, -0.05) is 18.2 Å². The van der Waals surface area contributed by atoms with Crippen molar-refractivity contribution in [1.82, 2.24) is 18.8 Å². The molecule has 1 aliphatic rings. The summed E-state index contributed by atoms with van der Waals surface area (Å²) in [6, 6.07) is 9.02. The van der Waals surface area contributed by atoms with Gasteiger partial charge in [0.15, 0.2) is 0 Å². The molecule has 0 radical (unpaired) electrons. The summed E-state index contributed by atoms with van der Waals surface area (Å²) in [5, 5.41) is 6.65. The first-order chi connectivity index (χ1) is 13.7. The number of aromatic amines is 1. The van der Waals surface area contributed by atoms with Crippen LogP contribution in [-0.4, -0.2) is 74.2 Å². The highest BCUT2D eigenvalue weighted by molar-refractivity contribution is 7.89. The largest absolute Gasteiger partial charge is 0.492 e. The Bertz CT molecular complexity index is 1020. The fraction of sp³-hybridized carbons (Fsp3) is 0.500. The molecule has 11 heteroatoms. The van der Waals surface area contributed by atoms with Crippen molar-refractivity contribution in [3.63, 3.8) is 0 Å². The van der Waals surface area contributed by atoms with E-state index in [1.807, 2.05) is 18.2 Å². The van der Waals surface area contributed by atoms with Gasteiger partial charge in [-0.05, 0) is 32.4 Å². The van der Waals surface area contributed by atoms with Crippen molar-refractivity contribution in [3.05, 3.63) is 41.7 Å². The summed E-state index contributed by atoms with van der Waals surface area (Å²) in [6.07, 6.45) is 0.425. The summed E-state index contributed by atoms with van der Waals surface area (Å²) < 4.78 is 59.6. The van der Waals surface area contributed by atoms with Crippen LogP contribution >= 0.6 is 0 Å². The first-order valence-electron chi connectivity index (χ1n) is 9.39. The van der Waals surface area contributed by atoms with Crippen LogP contribution in [-0.2, 0) is 20.0 Å². The standard InChI is InChI=1S/C18H26N4O5S2/c1-15-18(16(2)20-19-15)29(25,26)22-10-6-9-21(11-12-22)28(23,24)14-13-27-17-7-4-3-5-8-17/h3-5,7-8H,6,9-14H2,1-2H3,(H,19,20). The first-order valence-corrected chi connectivity index (χ1v) is 12.4. The Morgan fingerprint density at radius 1 is 1.00 bits per heavy atom. The zero-order valence-corrected chi connectivity index (χ0v) is 18.2. The highest BCUT2D eigenvalue weighted by atomic mass is 32.2. The van der Waals surface area contributed by atoms with E-state index in [-0.39, 0.29) is 43.4 Å². The Labute approximate surface area is 171 Å². The molecule has 1 aromatic heterocycles. The van der Waals surface area contributed by atoms with E-state index in [0.29, 0.717) is 23.6 Å². The third-order valence-electron chi connectivity index (χ3n) is 4.82. The summed E-state index contributed by atoms with van der Waals surface area (Å²) in [7, 11) is -7.28. The number of H-pyrrole nitrogens is 1. The fourth-order valence-electron chi connectivity index (χ4n) is 3.35. The number of nitrogens with zero attached hydrogens (tertiary/aromatic N) is 3. The van der Waals surface area contributed by atoms with Crippen LogP contribution in [0.3, 0.4) is 0 Å². The van der Waals surface area contributed by atoms with Gasteiger partial charge in [0.2, 0.25) is 20.0 Å². The molecule has 3 rings (SSSR count). The van der Waals surface area contributed by atoms with E-state index in [9.17, 15) is 16.8 Å². The predicted molar refractivity (Wildman–Crippen MR) is 109 cm³/mol. The molecule has 1 N–H and O–H groups in total. The van der Waals surface area contributed by atoms with E-state index in [4.69, 9.17) is 4.74 Å². The van der Waals surface area contributed by atoms with E-state index in [2.05, 4.69) is 10.2 Å². The summed E-state index contributed by atoms with van der Waals surface area (Å²) in [6.45, 7) is 4.10. The molecule has 1 aliphatic heterocycles. The number of hydrogen-bond donors (Lipinski definition) is 1. The quantitative estimate of drug-likeness (QED) is 0.688. The molecule has 9 nitrogen and oxygen atoms in total. The molecule has 0 atom stereocenters. The van der Waals surface area contributed by atoms with Gasteiger partial charge in [0, 0.05) is 26.2 Å². The van der Waals surface area contributed by atoms with Crippen molar-refractivity contribution in [2.24, 2.45) is 0 Å². The zero-order valence-electron chi connectivity index (χ0n) is 16.5. The van der Waals surface area contributed by atoms with E-state index >= 15 is 0 Å². The van der Waals surface area contributed by atoms with Crippen LogP contribution in [0.15, 0.2) is 35.2 Å². The molecular weight excluding hydrogens is 416 g/mol. The number of benzene rings is 1. The molecule has 0 saturated carbocycles. The molecular formula is C18H26N4O5S2. The molecule has 1 aromatic carbocycles. The van der Waals surface area contributed by atoms with Gasteiger partial charge in [-0.15, -0.1) is 0 Å². The molecule has 0 amide bonds. The van der Waals surface area contributed by atoms with Crippen LogP contribution in [0, 0.1) is 13.8 Å². The molecule has 0 unspecified atom stereocenters. The molecule has 1 saturated heterocycles. The Balaban J connectivity index is 1.63. The molecule has 0 spiro atoms. The van der Waals surface area contributed by atoms with Gasteiger partial charge in [0.1, 0.15) is 17.3 Å². The maximum absolute atomic E-state index is 13.0. The summed E-state index contributed by atoms with van der Waals surface area (Å²) >= 11 is 0. The average molecular weight is 443 g/mol. The lowest BCUT2D eigenvalue weighted by atomic mass is 10.3. The number of para-hydroxylation sites is 1. The predicted octanol–water partition coefficient (Wildman–Crippen LogP) is 1.13. The third-order valence-corrected chi connectivity index (χ3v) is 8.82. The van der Waals surface area contributed by atoms with Crippen LogP contribution in [0.1, 0.15) is 17.8 Å². The lowest BCUT2D eigenvalue weighted by Gasteiger charge is -2.22. The van der Waals surface area contributed by atoms with Crippen LogP contribution in [0.4, 0.5) is 0 Å². The highest BCUT2D eigenvalue weighted by Crippen LogP contribution is 2.23. The van der Waals surface area contributed by atoms with Crippen molar-refractivity contribution < 1.29 is 21.6 Å². The summed E-state index contributed by atoms with van der Waals surface area (Å²) in [5.41, 5.74) is 0.892. The van der Waals surface area contributed by atoms with Crippen molar-refractivity contribution >= 4 is 20.0 Å². The van der Waals surface area contributed by atoms with Crippen LogP contribution in [0.5, 0.6) is 5.75 Å². The molecule has 2 aromatic rings. The number of aryl methyl sites for hydroxylation is 2. The van der Waals surface area contributed by atoms with E-state index in [1.54, 1.807) is 26.0 Å². The van der Waals surface area contributed by atoms with E-state index < -0.39 is 20.0 Å². The second kappa shape index (κ2) is 8.82. The normalized spacial score (nSPS) is 17.2. The Kier molecular flexibility index (Phi) is 6.62. The second-order valence-electron chi connectivity index (χ2n) is 6.90. The second-order valence-corrected chi connectivity index (χ2v) is 10.9. The highest BCUT2D eigenvalue weighted by Gasteiger charge is 2.33. The van der Waals surface area contributed by atoms with Gasteiger partial charge in [-0.2, -0.15) is 9.40 Å². The van der Waals surface area contributed by atoms with E-state index in [0.717, 1.165) is 0 Å². The number of rotatable bonds is 7. The molecule has 2 heterocycles. The minimum Gasteiger partial charge on any atom is -0.492 e. The van der Waals surface area contributed by atoms with Gasteiger partial charge >= 0.3 is 0 Å². The molecule has 1 fully saturated rings. The Morgan fingerprint density at radius 3 is 2.31 bits per heavy atom. The lowest BCUT2D eigenvalue weighted by molar-refractivity contribution is 0.334. The van der Waals surface area contributed by atoms with Crippen molar-refractivity contribution in [3.8, 4) is 5.75 Å². The monoisotopic (exact) mass is 442 g/mol. The number of aromatic nitrogens is 2. The smallest absolute Gasteiger partial charge is 0.246 e. The van der Waals surface area contributed by atoms with Gasteiger partial charge in [-0.25, -0.2) is 21.1 Å². The van der Waals surface area contributed by atoms with Crippen LogP contribution in [0.25, 0.3) is 0 Å². The third kappa shape index (κ3) is 4.97. The number of nitrogens with one attached hydrogen (secondary N) is 1. The average Bonchev–Trinajstić information content (AvgIpc) is 2.87. The number of sulfonamides is 2. The van der Waals surface area contributed by atoms with Crippen molar-refractivity contribution in [2.45, 2.75) is 25.2 Å². The van der Waals surface area contributed by atoms with Crippen LogP contribution in [0.2, 0.25) is 0 Å². The Hall–Kier alpha value is -1.95. The zero-order chi connectivity index (χ0) is 21.1. The van der Waals surface area contributed by atoms with E-state index in [1.165, 1.54) is 8.61 Å². The minimum atomic E-state index is -3.73. The number of hydrogen-bond acceptors (Lipinski definition) is 6. The molecule has 160 valence electrons. The topological polar surface area (TPSA) is 113 Å². The first kappa shape index (κ1) is 21.8. The van der Waals surface area contributed by atoms with Gasteiger partial charge < -0.3 is 4.74 Å². The lowest BCUT2D eigenvalue weighted by Crippen LogP contribution is -2.39. The van der Waals surface area contributed by atoms with Gasteiger partial charge in [0.25, 0.3) is 0 Å². The van der Waals surface area contributed by atoms with Crippen molar-refractivity contribution in [1.29, 1.82) is 0 Å². The fourth-order valence-corrected chi connectivity index (χ4v) is 6.47. The number of ether oxygens (including phenoxy) is 1. The molecule has 29 heavy (non-hydrogen) atoms. The SMILES string of the molecule is Cc1n[nH]c(C)c1S(=O)(=O)N1CCCN(S(=O)(=O)CCOc2ccccc2)CC1.